The number of halogens is 7. The molecule has 10 heteroatoms. The van der Waals surface area contributed by atoms with E-state index < -0.39 is 34.9 Å². The van der Waals surface area contributed by atoms with Gasteiger partial charge < -0.3 is 4.74 Å². The molecule has 0 amide bonds. The molecule has 118 valence electrons. The number of thioether (sulfide) groups is 1. The first-order valence-corrected chi connectivity index (χ1v) is 5.94. The molecule has 1 rings (SSSR count). The zero-order valence-corrected chi connectivity index (χ0v) is 11.0. The lowest BCUT2D eigenvalue weighted by molar-refractivity contribution is -0.341. The maximum absolute atomic E-state index is 13.1. The van der Waals surface area contributed by atoms with Gasteiger partial charge in [-0.1, -0.05) is 12.1 Å². The van der Waals surface area contributed by atoms with Gasteiger partial charge in [-0.05, 0) is 23.9 Å². The second-order valence-electron chi connectivity index (χ2n) is 3.69. The quantitative estimate of drug-likeness (QED) is 0.610. The van der Waals surface area contributed by atoms with Crippen LogP contribution < -0.4 is 4.74 Å². The van der Waals surface area contributed by atoms with Crippen molar-refractivity contribution in [2.45, 2.75) is 22.9 Å². The highest BCUT2D eigenvalue weighted by Crippen LogP contribution is 2.49. The smallest absolute Gasteiger partial charge is 0.460 e. The second kappa shape index (κ2) is 5.74. The fraction of sp³-hybridized carbons (Fsp3) is 0.364. The Morgan fingerprint density at radius 3 is 2.05 bits per heavy atom. The molecule has 0 saturated heterocycles. The van der Waals surface area contributed by atoms with E-state index >= 15 is 0 Å². The minimum absolute atomic E-state index is 0.109. The SMILES string of the molecule is COc1ccccc1SC(=O)C(F)(F)C(F)(F)C(F)(F)F. The van der Waals surface area contributed by atoms with E-state index in [1.54, 1.807) is 0 Å². The summed E-state index contributed by atoms with van der Waals surface area (Å²) in [5.41, 5.74) is 0. The summed E-state index contributed by atoms with van der Waals surface area (Å²) in [5.74, 6) is -12.5. The lowest BCUT2D eigenvalue weighted by Crippen LogP contribution is -2.55. The van der Waals surface area contributed by atoms with Gasteiger partial charge in [-0.2, -0.15) is 30.7 Å². The van der Waals surface area contributed by atoms with Crippen LogP contribution in [0.4, 0.5) is 30.7 Å². The van der Waals surface area contributed by atoms with E-state index in [4.69, 9.17) is 0 Å². The molecule has 0 spiro atoms. The number of methoxy groups -OCH3 is 1. The molecule has 0 bridgehead atoms. The third kappa shape index (κ3) is 3.25. The highest BCUT2D eigenvalue weighted by Gasteiger charge is 2.76. The first-order valence-electron chi connectivity index (χ1n) is 5.12. The first kappa shape index (κ1) is 17.6. The Labute approximate surface area is 118 Å². The molecule has 0 atom stereocenters. The highest BCUT2D eigenvalue weighted by atomic mass is 32.2. The van der Waals surface area contributed by atoms with Gasteiger partial charge in [0.2, 0.25) is 0 Å². The molecule has 0 fully saturated rings. The third-order valence-corrected chi connectivity index (χ3v) is 3.28. The maximum atomic E-state index is 13.1. The average Bonchev–Trinajstić information content (AvgIpc) is 2.37. The molecule has 1 aromatic rings. The topological polar surface area (TPSA) is 26.3 Å². The summed E-state index contributed by atoms with van der Waals surface area (Å²) in [4.78, 5) is 10.9. The summed E-state index contributed by atoms with van der Waals surface area (Å²) >= 11 is -0.449. The van der Waals surface area contributed by atoms with Crippen LogP contribution in [-0.4, -0.2) is 30.2 Å². The monoisotopic (exact) mass is 336 g/mol. The van der Waals surface area contributed by atoms with Crippen molar-refractivity contribution in [1.82, 2.24) is 0 Å². The number of hydrogen-bond acceptors (Lipinski definition) is 3. The van der Waals surface area contributed by atoms with Crippen LogP contribution in [0.3, 0.4) is 0 Å². The van der Waals surface area contributed by atoms with Crippen LogP contribution in [-0.2, 0) is 4.79 Å². The summed E-state index contributed by atoms with van der Waals surface area (Å²) < 4.78 is 92.2. The van der Waals surface area contributed by atoms with Crippen LogP contribution in [0.25, 0.3) is 0 Å². The average molecular weight is 336 g/mol. The van der Waals surface area contributed by atoms with Crippen molar-refractivity contribution >= 4 is 16.9 Å². The molecule has 0 heterocycles. The summed E-state index contributed by atoms with van der Waals surface area (Å²) in [5, 5.41) is -2.63. The van der Waals surface area contributed by atoms with Crippen molar-refractivity contribution in [3.8, 4) is 5.75 Å². The van der Waals surface area contributed by atoms with Crippen LogP contribution in [0.1, 0.15) is 0 Å². The van der Waals surface area contributed by atoms with E-state index in [1.165, 1.54) is 18.2 Å². The number of rotatable bonds is 4. The molecule has 0 unspecified atom stereocenters. The third-order valence-electron chi connectivity index (χ3n) is 2.28. The Bertz CT molecular complexity index is 528. The molecular weight excluding hydrogens is 329 g/mol. The van der Waals surface area contributed by atoms with Gasteiger partial charge in [0.15, 0.2) is 0 Å². The molecule has 0 N–H and O–H groups in total. The van der Waals surface area contributed by atoms with Crippen LogP contribution >= 0.6 is 11.8 Å². The van der Waals surface area contributed by atoms with Gasteiger partial charge in [-0.25, -0.2) is 0 Å². The predicted octanol–water partition coefficient (Wildman–Crippen LogP) is 4.15. The van der Waals surface area contributed by atoms with Gasteiger partial charge in [-0.15, -0.1) is 0 Å². The Kier molecular flexibility index (Phi) is 4.81. The van der Waals surface area contributed by atoms with Crippen molar-refractivity contribution in [3.05, 3.63) is 24.3 Å². The second-order valence-corrected chi connectivity index (χ2v) is 4.70. The van der Waals surface area contributed by atoms with E-state index in [-0.39, 0.29) is 10.6 Å². The van der Waals surface area contributed by atoms with Gasteiger partial charge in [-0.3, -0.25) is 4.79 Å². The predicted molar refractivity (Wildman–Crippen MR) is 59.8 cm³/mol. The number of alkyl halides is 7. The fourth-order valence-corrected chi connectivity index (χ4v) is 2.03. The number of ether oxygens (including phenoxy) is 1. The molecular formula is C11H7F7O2S. The Morgan fingerprint density at radius 1 is 1.05 bits per heavy atom. The van der Waals surface area contributed by atoms with E-state index in [1.807, 2.05) is 0 Å². The van der Waals surface area contributed by atoms with Crippen molar-refractivity contribution in [1.29, 1.82) is 0 Å². The van der Waals surface area contributed by atoms with Crippen molar-refractivity contribution in [2.24, 2.45) is 0 Å². The van der Waals surface area contributed by atoms with E-state index in [0.717, 1.165) is 13.2 Å². The van der Waals surface area contributed by atoms with E-state index in [2.05, 4.69) is 4.74 Å². The van der Waals surface area contributed by atoms with Crippen LogP contribution in [0.5, 0.6) is 5.75 Å². The largest absolute Gasteiger partial charge is 0.496 e. The first-order chi connectivity index (χ1) is 9.45. The summed E-state index contributed by atoms with van der Waals surface area (Å²) in [6.45, 7) is 0. The Morgan fingerprint density at radius 2 is 1.57 bits per heavy atom. The molecule has 0 aliphatic heterocycles. The molecule has 0 aliphatic carbocycles. The van der Waals surface area contributed by atoms with Gasteiger partial charge in [0, 0.05) is 0 Å². The van der Waals surface area contributed by atoms with Crippen LogP contribution in [0, 0.1) is 0 Å². The zero-order chi connectivity index (χ0) is 16.5. The molecule has 0 aliphatic rings. The molecule has 0 radical (unpaired) electrons. The van der Waals surface area contributed by atoms with Crippen molar-refractivity contribution in [3.63, 3.8) is 0 Å². The number of benzene rings is 1. The van der Waals surface area contributed by atoms with Gasteiger partial charge in [0.1, 0.15) is 5.75 Å². The molecule has 0 saturated carbocycles. The number of hydrogen-bond donors (Lipinski definition) is 0. The van der Waals surface area contributed by atoms with Gasteiger partial charge in [0.25, 0.3) is 5.12 Å². The van der Waals surface area contributed by atoms with Crippen LogP contribution in [0.2, 0.25) is 0 Å². The summed E-state index contributed by atoms with van der Waals surface area (Å²) in [6, 6.07) is 4.98. The zero-order valence-electron chi connectivity index (χ0n) is 10.2. The minimum atomic E-state index is -6.55. The molecule has 0 aromatic heterocycles. The number of carbonyl (C=O) groups is 1. The van der Waals surface area contributed by atoms with Crippen LogP contribution in [0.15, 0.2) is 29.2 Å². The van der Waals surface area contributed by atoms with Gasteiger partial charge >= 0.3 is 18.0 Å². The fourth-order valence-electron chi connectivity index (χ4n) is 1.17. The highest BCUT2D eigenvalue weighted by molar-refractivity contribution is 8.14. The van der Waals surface area contributed by atoms with Crippen molar-refractivity contribution < 1.29 is 40.3 Å². The maximum Gasteiger partial charge on any atom is 0.460 e. The minimum Gasteiger partial charge on any atom is -0.496 e. The summed E-state index contributed by atoms with van der Waals surface area (Å²) in [6.07, 6.45) is -6.55. The van der Waals surface area contributed by atoms with Crippen molar-refractivity contribution in [2.75, 3.05) is 7.11 Å². The molecule has 21 heavy (non-hydrogen) atoms. The molecule has 2 nitrogen and oxygen atoms in total. The molecule has 1 aromatic carbocycles. The standard InChI is InChI=1S/C11H7F7O2S/c1-20-6-4-2-3-5-7(6)21-8(19)9(12,13)10(14,15)11(16,17)18/h2-5H,1H3. The van der Waals surface area contributed by atoms with E-state index in [9.17, 15) is 35.5 Å². The lowest BCUT2D eigenvalue weighted by Gasteiger charge is -2.26. The number of para-hydroxylation sites is 1. The van der Waals surface area contributed by atoms with Gasteiger partial charge in [0.05, 0.1) is 12.0 Å². The lowest BCUT2D eigenvalue weighted by atomic mass is 10.2. The Balaban J connectivity index is 3.08. The number of carbonyl (C=O) groups excluding carboxylic acids is 1. The van der Waals surface area contributed by atoms with E-state index in [0.29, 0.717) is 0 Å². The normalized spacial score (nSPS) is 13.1. The Hall–Kier alpha value is -1.45. The summed E-state index contributed by atoms with van der Waals surface area (Å²) in [7, 11) is 1.12.